The van der Waals surface area contributed by atoms with Crippen molar-refractivity contribution in [2.45, 2.75) is 133 Å². The van der Waals surface area contributed by atoms with E-state index in [1.165, 1.54) is 21.8 Å². The van der Waals surface area contributed by atoms with Gasteiger partial charge in [-0.05, 0) is 159 Å². The number of thiocarbonyl (C=S) groups is 2. The normalized spacial score (nSPS) is 20.2. The van der Waals surface area contributed by atoms with Crippen LogP contribution in [0.3, 0.4) is 0 Å². The van der Waals surface area contributed by atoms with Crippen molar-refractivity contribution in [3.8, 4) is 29.1 Å². The summed E-state index contributed by atoms with van der Waals surface area (Å²) in [6, 6.07) is 53.1. The van der Waals surface area contributed by atoms with E-state index in [1.807, 2.05) is 164 Å². The number of aliphatic hydroxyl groups excluding tert-OH is 3. The third kappa shape index (κ3) is 30.2. The van der Waals surface area contributed by atoms with Gasteiger partial charge in [0.05, 0.1) is 123 Å². The van der Waals surface area contributed by atoms with E-state index in [0.29, 0.717) is 36.6 Å². The monoisotopic (exact) mass is 2140 g/mol. The molecule has 46 heteroatoms. The number of aliphatic hydroxyl groups is 3. The summed E-state index contributed by atoms with van der Waals surface area (Å²) >= 11 is 24.4. The average Bonchev–Trinajstić information content (AvgIpc) is 1.69. The van der Waals surface area contributed by atoms with Gasteiger partial charge in [0.1, 0.15) is 57.9 Å². The highest BCUT2D eigenvalue weighted by Gasteiger charge is 2.52. The summed E-state index contributed by atoms with van der Waals surface area (Å²) in [6.07, 6.45) is -6.44. The summed E-state index contributed by atoms with van der Waals surface area (Å²) in [4.78, 5) is 79.4. The Bertz CT molecular complexity index is 6130. The topological polar surface area (TPSA) is 465 Å². The lowest BCUT2D eigenvalue weighted by Crippen LogP contribution is -2.47. The van der Waals surface area contributed by atoms with Crippen molar-refractivity contribution < 1.29 is 98.4 Å². The van der Waals surface area contributed by atoms with Crippen LogP contribution in [0, 0.1) is 23.2 Å². The first-order chi connectivity index (χ1) is 69.3. The SMILES string of the molecule is CC(C)C(=O)Nc1nc2c(ncn2[C@@H]2O[C@H](CO)[C@H](O)C2OC(=S)N2CCS(=O)(=O)CC2)c(=O)[nH]1.CC(C)N(C(C)C)P(Cl)OCCC#N.CN1CCOCC1.CN1CCOCC1.COc1ccc(C(Cl)(c2ccccc2)c2ccc(OC)cc2)cc1.COc1ccc(C(OC[C@H]2O[C@@H](n3cnc4c(=O)[nH]c(NC(=O)C(C)C)nc43)C(OC(=S)N3CCS(=O)(=O)CC3)[C@H]2O)(c2ccccc2)c2ccc(OC)cc2)cc1. The summed E-state index contributed by atoms with van der Waals surface area (Å²) in [5.74, 6) is 0.841. The Balaban J connectivity index is 0.000000193. The lowest BCUT2D eigenvalue weighted by atomic mass is 9.80. The van der Waals surface area contributed by atoms with Crippen LogP contribution in [0.4, 0.5) is 11.9 Å². The summed E-state index contributed by atoms with van der Waals surface area (Å²) in [6.45, 7) is 23.3. The zero-order valence-electron chi connectivity index (χ0n) is 83.4. The number of fused-ring (bicyclic) bond motifs is 2. The molecule has 16 rings (SSSR count). The Kier molecular flexibility index (Phi) is 42.6. The van der Waals surface area contributed by atoms with Gasteiger partial charge in [-0.15, -0.1) is 11.6 Å². The molecular weight excluding hydrogens is 2010 g/mol. The molecule has 10 aromatic rings. The number of hydrogen-bond acceptors (Lipinski definition) is 33. The van der Waals surface area contributed by atoms with Gasteiger partial charge < -0.3 is 91.5 Å². The lowest BCUT2D eigenvalue weighted by Gasteiger charge is -2.37. The van der Waals surface area contributed by atoms with E-state index in [2.05, 4.69) is 96.8 Å². The number of sulfone groups is 2. The molecule has 0 spiro atoms. The Morgan fingerprint density at radius 2 is 0.883 bits per heavy atom. The Morgan fingerprint density at radius 3 is 1.21 bits per heavy atom. The number of ether oxygens (including phenoxy) is 11. The molecular formula is C99H129Cl2N16O23PS4. The first kappa shape index (κ1) is 115. The van der Waals surface area contributed by atoms with E-state index in [0.717, 1.165) is 97.5 Å². The molecule has 3 unspecified atom stereocenters. The maximum atomic E-state index is 13.2. The Morgan fingerprint density at radius 1 is 0.545 bits per heavy atom. The molecule has 6 aromatic carbocycles. The molecule has 9 atom stereocenters. The molecule has 39 nitrogen and oxygen atoms in total. The number of nitrogens with zero attached hydrogens (tertiary/aromatic N) is 12. The minimum Gasteiger partial charge on any atom is -0.497 e. The number of carbonyl (C=O) groups is 2. The summed E-state index contributed by atoms with van der Waals surface area (Å²) < 4.78 is 121. The number of nitriles is 1. The number of aromatic nitrogens is 8. The van der Waals surface area contributed by atoms with Gasteiger partial charge in [-0.1, -0.05) is 137 Å². The molecule has 6 aliphatic rings. The zero-order valence-corrected chi connectivity index (χ0v) is 89.1. The van der Waals surface area contributed by atoms with Gasteiger partial charge in [0.15, 0.2) is 66.7 Å². The molecule has 0 radical (unpaired) electrons. The number of hydrogen-bond donors (Lipinski definition) is 7. The number of imidazole rings is 2. The number of aromatic amines is 2. The predicted octanol–water partition coefficient (Wildman–Crippen LogP) is 10.4. The molecule has 4 aromatic heterocycles. The fourth-order valence-corrected chi connectivity index (χ4v) is 21.8. The summed E-state index contributed by atoms with van der Waals surface area (Å²) in [5, 5.41) is 46.0. The van der Waals surface area contributed by atoms with Gasteiger partial charge >= 0.3 is 0 Å². The van der Waals surface area contributed by atoms with Crippen LogP contribution in [0.25, 0.3) is 22.3 Å². The minimum absolute atomic E-state index is 0.0312. The second kappa shape index (κ2) is 53.9. The maximum Gasteiger partial charge on any atom is 0.280 e. The number of anilines is 2. The van der Waals surface area contributed by atoms with Gasteiger partial charge in [-0.25, -0.2) is 31.5 Å². The number of morpholine rings is 2. The molecule has 6 fully saturated rings. The van der Waals surface area contributed by atoms with E-state index in [-0.39, 0.29) is 118 Å². The minimum atomic E-state index is -3.23. The molecule has 6 saturated heterocycles. The van der Waals surface area contributed by atoms with Crippen LogP contribution in [-0.4, -0.2) is 330 Å². The molecule has 2 amide bonds. The van der Waals surface area contributed by atoms with Crippen molar-refractivity contribution in [1.82, 2.24) is 63.3 Å². The van der Waals surface area contributed by atoms with Crippen molar-refractivity contribution in [2.75, 3.05) is 175 Å². The predicted molar refractivity (Wildman–Crippen MR) is 560 cm³/mol. The number of likely N-dealkylation sites (N-methyl/N-ethyl adjacent to an activating group) is 2. The number of halogens is 2. The van der Waals surface area contributed by atoms with Crippen molar-refractivity contribution in [1.29, 1.82) is 5.26 Å². The smallest absolute Gasteiger partial charge is 0.280 e. The van der Waals surface area contributed by atoms with Crippen molar-refractivity contribution >= 4 is 131 Å². The average molecular weight is 2140 g/mol. The second-order valence-electron chi connectivity index (χ2n) is 35.7. The van der Waals surface area contributed by atoms with Crippen LogP contribution in [0.1, 0.15) is 108 Å². The zero-order chi connectivity index (χ0) is 105. The number of methoxy groups -OCH3 is 4. The van der Waals surface area contributed by atoms with E-state index in [9.17, 15) is 51.3 Å². The Labute approximate surface area is 865 Å². The highest BCUT2D eigenvalue weighted by Crippen LogP contribution is 2.50. The second-order valence-corrected chi connectivity index (χ2v) is 43.6. The fourth-order valence-electron chi connectivity index (χ4n) is 16.1. The summed E-state index contributed by atoms with van der Waals surface area (Å²) in [5.41, 5.74) is 2.80. The third-order valence-electron chi connectivity index (χ3n) is 24.3. The van der Waals surface area contributed by atoms with Crippen LogP contribution >= 0.6 is 54.9 Å². The van der Waals surface area contributed by atoms with E-state index < -0.39 is 111 Å². The van der Waals surface area contributed by atoms with Crippen molar-refractivity contribution in [3.63, 3.8) is 0 Å². The van der Waals surface area contributed by atoms with E-state index in [4.69, 9.17) is 109 Å². The van der Waals surface area contributed by atoms with Gasteiger partial charge in [0, 0.05) is 76.3 Å². The van der Waals surface area contributed by atoms with E-state index in [1.54, 1.807) is 65.9 Å². The highest BCUT2D eigenvalue weighted by molar-refractivity contribution is 7.91. The first-order valence-corrected chi connectivity index (χ1v) is 54.2. The molecule has 10 heterocycles. The molecule has 0 saturated carbocycles. The van der Waals surface area contributed by atoms with Crippen LogP contribution in [0.2, 0.25) is 0 Å². The number of benzene rings is 6. The van der Waals surface area contributed by atoms with Crippen LogP contribution in [0.5, 0.6) is 23.0 Å². The molecule has 0 bridgehead atoms. The molecule has 7 N–H and O–H groups in total. The molecule has 0 aliphatic carbocycles. The number of rotatable bonds is 28. The number of carbonyl (C=O) groups excluding carboxylic acids is 2. The van der Waals surface area contributed by atoms with E-state index >= 15 is 0 Å². The summed E-state index contributed by atoms with van der Waals surface area (Å²) in [7, 11) is 3.26. The first-order valence-electron chi connectivity index (χ1n) is 47.3. The number of H-pyrrole nitrogens is 2. The van der Waals surface area contributed by atoms with Gasteiger partial charge in [0.2, 0.25) is 31.4 Å². The van der Waals surface area contributed by atoms with Crippen LogP contribution < -0.4 is 40.7 Å². The number of alkyl halides is 1. The third-order valence-corrected chi connectivity index (χ3v) is 31.4. The van der Waals surface area contributed by atoms with Gasteiger partial charge in [-0.3, -0.25) is 48.9 Å². The maximum absolute atomic E-state index is 13.2. The molecule has 786 valence electrons. The van der Waals surface area contributed by atoms with Crippen LogP contribution in [0.15, 0.2) is 180 Å². The highest BCUT2D eigenvalue weighted by atomic mass is 35.7. The quantitative estimate of drug-likeness (QED) is 0.00787. The van der Waals surface area contributed by atoms with Crippen molar-refractivity contribution in [3.05, 3.63) is 224 Å². The van der Waals surface area contributed by atoms with Crippen LogP contribution in [-0.2, 0) is 77.4 Å². The molecule has 145 heavy (non-hydrogen) atoms. The van der Waals surface area contributed by atoms with Crippen molar-refractivity contribution in [2.24, 2.45) is 11.8 Å². The lowest BCUT2D eigenvalue weighted by molar-refractivity contribution is -0.119. The van der Waals surface area contributed by atoms with Gasteiger partial charge in [-0.2, -0.15) is 15.2 Å². The number of nitrogens with one attached hydrogen (secondary N) is 4. The molecule has 6 aliphatic heterocycles. The number of amides is 2. The fraction of sp³-hybridized carbons (Fsp3) is 0.485. The Hall–Kier alpha value is -10.5. The largest absolute Gasteiger partial charge is 0.497 e. The standard InChI is InChI=1S/C40H44N6O10S2.C21H19ClO2.C19H26N6O8S2.C9H18ClN2OP.2C5H11NO/c1-24(2)35(48)43-38-42-34-31(36(49)44-38)41-23-46(34)37-33(56-39(57)45-18-20-58(50,51)21-19-45)32(47)30(55-37)22-54-40(25-8-6-5-7-9-25,26-10-14-28(52-3)15-11-26)27-12-16-29(53-4)17-13-27;1-23-19-12-8-17(9-13-19)21(22,16-6-4-3-5-7-16)18-10-14-20(24-2)15-11-18;1-9(2)15(28)22-18-21-14-11(16(29)23-18)20-8-25(14)17-13(12(27)10(7-26)32-17)33-19(34)24-3-5-35(30,31)6-4-24;1-8(2)12(9(3)4)14(10)13-7-5-6-11;2*1-6-2-4-7-5-3-6/h5-17,23-24,30,32-33,37,47H,18-22H2,1-4H3,(H2,42,43,44,48,49);3-15H,1-2H3;8-10,12-13,17,26-27H,3-7H2,1-2H3,(H2,21,22,23,28,29);8-9H,5,7H2,1-4H3;2*2-5H2,1H3/t30-,32+,33?,37-;;10-,12+,13?,17-;;;/m1.1.../s1. The van der Waals surface area contributed by atoms with Gasteiger partial charge in [0.25, 0.3) is 21.5 Å².